The Labute approximate surface area is 112 Å². The monoisotopic (exact) mass is 311 g/mol. The minimum absolute atomic E-state index is 0.0236. The molecule has 0 radical (unpaired) electrons. The molecular weight excluding hydrogens is 301 g/mol. The lowest BCUT2D eigenvalue weighted by Gasteiger charge is -2.08. The maximum atomic E-state index is 13.3. The van der Waals surface area contributed by atoms with Crippen LogP contribution in [0, 0.1) is 5.82 Å². The summed E-state index contributed by atoms with van der Waals surface area (Å²) in [5, 5.41) is 11.6. The first-order valence-electron chi connectivity index (χ1n) is 5.18. The highest BCUT2D eigenvalue weighted by Gasteiger charge is 2.07. The highest BCUT2D eigenvalue weighted by molar-refractivity contribution is 9.10. The molecule has 3 N–H and O–H groups in total. The second kappa shape index (κ2) is 5.22. The fourth-order valence-electron chi connectivity index (χ4n) is 1.73. The van der Waals surface area contributed by atoms with Crippen molar-refractivity contribution in [1.82, 2.24) is 4.57 Å². The molecule has 0 saturated heterocycles. The fraction of sp³-hybridized carbons (Fsp3) is 0.0833. The predicted molar refractivity (Wildman–Crippen MR) is 70.1 cm³/mol. The second-order valence-electron chi connectivity index (χ2n) is 3.78. The van der Waals surface area contributed by atoms with E-state index in [9.17, 15) is 4.39 Å². The van der Waals surface area contributed by atoms with E-state index in [1.165, 1.54) is 12.1 Å². The zero-order valence-electron chi connectivity index (χ0n) is 9.35. The molecule has 94 valence electrons. The molecular formula is C12H11BrFN3O. The number of aromatic nitrogens is 1. The summed E-state index contributed by atoms with van der Waals surface area (Å²) in [4.78, 5) is 0. The number of rotatable bonds is 3. The van der Waals surface area contributed by atoms with Crippen molar-refractivity contribution < 1.29 is 9.60 Å². The number of amidine groups is 1. The Morgan fingerprint density at radius 3 is 2.89 bits per heavy atom. The third-order valence-corrected chi connectivity index (χ3v) is 2.93. The molecule has 0 atom stereocenters. The number of benzene rings is 1. The van der Waals surface area contributed by atoms with E-state index in [1.54, 1.807) is 22.9 Å². The average molecular weight is 312 g/mol. The predicted octanol–water partition coefficient (Wildman–Crippen LogP) is 2.53. The molecule has 0 aliphatic rings. The number of oxime groups is 1. The summed E-state index contributed by atoms with van der Waals surface area (Å²) in [7, 11) is 0. The molecule has 2 rings (SSSR count). The zero-order valence-corrected chi connectivity index (χ0v) is 10.9. The van der Waals surface area contributed by atoms with Gasteiger partial charge in [0.25, 0.3) is 0 Å². The maximum absolute atomic E-state index is 13.3. The van der Waals surface area contributed by atoms with Gasteiger partial charge in [0.15, 0.2) is 5.84 Å². The summed E-state index contributed by atoms with van der Waals surface area (Å²) >= 11 is 3.24. The Hall–Kier alpha value is -1.82. The van der Waals surface area contributed by atoms with Crippen LogP contribution in [0.5, 0.6) is 0 Å². The smallest absolute Gasteiger partial charge is 0.186 e. The van der Waals surface area contributed by atoms with Gasteiger partial charge in [-0.2, -0.15) is 0 Å². The summed E-state index contributed by atoms with van der Waals surface area (Å²) in [6.07, 6.45) is 1.78. The lowest BCUT2D eigenvalue weighted by Crippen LogP contribution is -2.18. The Morgan fingerprint density at radius 2 is 2.22 bits per heavy atom. The van der Waals surface area contributed by atoms with Crippen LogP contribution in [0.1, 0.15) is 11.3 Å². The van der Waals surface area contributed by atoms with Crippen molar-refractivity contribution in [2.45, 2.75) is 6.54 Å². The summed E-state index contributed by atoms with van der Waals surface area (Å²) in [6.45, 7) is 0.439. The van der Waals surface area contributed by atoms with Gasteiger partial charge in [0.05, 0.1) is 5.69 Å². The van der Waals surface area contributed by atoms with Gasteiger partial charge in [0.2, 0.25) is 0 Å². The first-order valence-corrected chi connectivity index (χ1v) is 5.97. The molecule has 0 bridgehead atoms. The molecule has 0 unspecified atom stereocenters. The van der Waals surface area contributed by atoms with E-state index in [-0.39, 0.29) is 11.7 Å². The molecule has 4 nitrogen and oxygen atoms in total. The topological polar surface area (TPSA) is 63.5 Å². The van der Waals surface area contributed by atoms with Gasteiger partial charge in [-0.05, 0) is 35.9 Å². The summed E-state index contributed by atoms with van der Waals surface area (Å²) in [5.74, 6) is -0.285. The van der Waals surface area contributed by atoms with Crippen molar-refractivity contribution in [3.8, 4) is 0 Å². The minimum Gasteiger partial charge on any atom is -0.409 e. The van der Waals surface area contributed by atoms with Gasteiger partial charge in [-0.15, -0.1) is 0 Å². The van der Waals surface area contributed by atoms with Crippen LogP contribution in [-0.4, -0.2) is 15.6 Å². The first-order chi connectivity index (χ1) is 8.60. The Balaban J connectivity index is 2.32. The van der Waals surface area contributed by atoms with Crippen molar-refractivity contribution >= 4 is 21.8 Å². The second-order valence-corrected chi connectivity index (χ2v) is 4.70. The molecule has 0 saturated carbocycles. The van der Waals surface area contributed by atoms with Gasteiger partial charge in [-0.3, -0.25) is 0 Å². The van der Waals surface area contributed by atoms with Crippen molar-refractivity contribution in [3.63, 3.8) is 0 Å². The zero-order chi connectivity index (χ0) is 13.1. The largest absolute Gasteiger partial charge is 0.409 e. The number of hydrogen-bond acceptors (Lipinski definition) is 2. The van der Waals surface area contributed by atoms with E-state index in [1.807, 2.05) is 6.07 Å². The van der Waals surface area contributed by atoms with E-state index in [2.05, 4.69) is 21.1 Å². The number of halogens is 2. The highest BCUT2D eigenvalue weighted by atomic mass is 79.9. The van der Waals surface area contributed by atoms with Crippen LogP contribution in [0.15, 0.2) is 46.2 Å². The van der Waals surface area contributed by atoms with Gasteiger partial charge in [0, 0.05) is 17.2 Å². The quantitative estimate of drug-likeness (QED) is 0.396. The summed E-state index contributed by atoms with van der Waals surface area (Å²) in [6, 6.07) is 8.16. The molecule has 1 heterocycles. The molecule has 0 aliphatic carbocycles. The molecule has 6 heteroatoms. The van der Waals surface area contributed by atoms with Gasteiger partial charge < -0.3 is 15.5 Å². The maximum Gasteiger partial charge on any atom is 0.186 e. The molecule has 0 aliphatic heterocycles. The van der Waals surface area contributed by atoms with Crippen LogP contribution < -0.4 is 5.73 Å². The fourth-order valence-corrected chi connectivity index (χ4v) is 2.25. The first kappa shape index (κ1) is 12.6. The van der Waals surface area contributed by atoms with Crippen LogP contribution in [0.25, 0.3) is 0 Å². The standard InChI is InChI=1S/C12H11BrFN3O/c13-9-4-8(5-10(14)6-9)7-17-3-1-2-11(17)12(15)16-18/h1-6,18H,7H2,(H2,15,16). The van der Waals surface area contributed by atoms with Gasteiger partial charge in [0.1, 0.15) is 5.82 Å². The molecule has 1 aromatic carbocycles. The van der Waals surface area contributed by atoms with Crippen molar-refractivity contribution in [3.05, 3.63) is 58.1 Å². The van der Waals surface area contributed by atoms with Crippen LogP contribution in [-0.2, 0) is 6.54 Å². The molecule has 0 amide bonds. The third kappa shape index (κ3) is 2.70. The molecule has 18 heavy (non-hydrogen) atoms. The Morgan fingerprint density at radius 1 is 1.44 bits per heavy atom. The van der Waals surface area contributed by atoms with Crippen molar-refractivity contribution in [2.75, 3.05) is 0 Å². The Bertz CT molecular complexity index is 575. The molecule has 0 fully saturated rings. The lowest BCUT2D eigenvalue weighted by molar-refractivity contribution is 0.318. The van der Waals surface area contributed by atoms with Gasteiger partial charge in [-0.1, -0.05) is 21.1 Å². The number of nitrogens with two attached hydrogens (primary N) is 1. The lowest BCUT2D eigenvalue weighted by atomic mass is 10.2. The number of hydrogen-bond donors (Lipinski definition) is 2. The van der Waals surface area contributed by atoms with Crippen LogP contribution in [0.2, 0.25) is 0 Å². The highest BCUT2D eigenvalue weighted by Crippen LogP contribution is 2.16. The Kier molecular flexibility index (Phi) is 3.66. The van der Waals surface area contributed by atoms with Crippen LogP contribution in [0.4, 0.5) is 4.39 Å². The van der Waals surface area contributed by atoms with Crippen LogP contribution >= 0.6 is 15.9 Å². The van der Waals surface area contributed by atoms with Gasteiger partial charge >= 0.3 is 0 Å². The summed E-state index contributed by atoms with van der Waals surface area (Å²) in [5.41, 5.74) is 6.91. The normalized spacial score (nSPS) is 11.8. The summed E-state index contributed by atoms with van der Waals surface area (Å²) < 4.78 is 15.7. The van der Waals surface area contributed by atoms with E-state index in [4.69, 9.17) is 10.9 Å². The third-order valence-electron chi connectivity index (χ3n) is 2.47. The minimum atomic E-state index is -0.308. The molecule has 0 spiro atoms. The van der Waals surface area contributed by atoms with Crippen molar-refractivity contribution in [1.29, 1.82) is 0 Å². The van der Waals surface area contributed by atoms with E-state index in [0.29, 0.717) is 16.7 Å². The van der Waals surface area contributed by atoms with E-state index < -0.39 is 0 Å². The molecule has 1 aromatic heterocycles. The van der Waals surface area contributed by atoms with Gasteiger partial charge in [-0.25, -0.2) is 4.39 Å². The average Bonchev–Trinajstić information content (AvgIpc) is 2.74. The van der Waals surface area contributed by atoms with Crippen LogP contribution in [0.3, 0.4) is 0 Å². The molecule has 2 aromatic rings. The SMILES string of the molecule is N/C(=N/O)c1cccn1Cc1cc(F)cc(Br)c1. The number of nitrogens with zero attached hydrogens (tertiary/aromatic N) is 2. The van der Waals surface area contributed by atoms with Crippen molar-refractivity contribution in [2.24, 2.45) is 10.9 Å². The van der Waals surface area contributed by atoms with E-state index in [0.717, 1.165) is 5.56 Å². The van der Waals surface area contributed by atoms with E-state index >= 15 is 0 Å².